The zero-order chi connectivity index (χ0) is 15.9. The van der Waals surface area contributed by atoms with Crippen molar-refractivity contribution < 1.29 is 4.74 Å². The van der Waals surface area contributed by atoms with E-state index in [9.17, 15) is 0 Å². The van der Waals surface area contributed by atoms with Crippen LogP contribution < -0.4 is 10.6 Å². The first-order valence-corrected chi connectivity index (χ1v) is 8.79. The van der Waals surface area contributed by atoms with Gasteiger partial charge in [0.2, 0.25) is 0 Å². The average Bonchev–Trinajstić information content (AvgIpc) is 2.90. The van der Waals surface area contributed by atoms with Crippen molar-refractivity contribution in [2.75, 3.05) is 44.3 Å². The Bertz CT molecular complexity index is 500. The van der Waals surface area contributed by atoms with Crippen LogP contribution in [0.5, 0.6) is 0 Å². The van der Waals surface area contributed by atoms with Crippen molar-refractivity contribution >= 4 is 11.6 Å². The lowest BCUT2D eigenvalue weighted by atomic mass is 10.2. The minimum absolute atomic E-state index is 0.658. The topological polar surface area (TPSA) is 54.1 Å². The summed E-state index contributed by atoms with van der Waals surface area (Å²) >= 11 is 0. The molecule has 0 unspecified atom stereocenters. The van der Waals surface area contributed by atoms with Gasteiger partial charge in [-0.15, -0.1) is 0 Å². The molecule has 23 heavy (non-hydrogen) atoms. The minimum Gasteiger partial charge on any atom is -0.378 e. The molecule has 0 radical (unpaired) electrons. The summed E-state index contributed by atoms with van der Waals surface area (Å²) < 4.78 is 5.40. The molecule has 3 rings (SSSR count). The van der Waals surface area contributed by atoms with E-state index in [1.165, 1.54) is 36.9 Å². The van der Waals surface area contributed by atoms with Gasteiger partial charge < -0.3 is 20.3 Å². The minimum atomic E-state index is 0.658. The molecule has 2 aliphatic heterocycles. The SMILES string of the molecule is NC(=NCc1ccc(N2CCOCC2)cc1)N1CCCCCC1. The molecular formula is C18H28N4O. The van der Waals surface area contributed by atoms with E-state index in [4.69, 9.17) is 10.5 Å². The Morgan fingerprint density at radius 2 is 1.61 bits per heavy atom. The molecule has 0 amide bonds. The fourth-order valence-electron chi connectivity index (χ4n) is 3.21. The lowest BCUT2D eigenvalue weighted by Crippen LogP contribution is -2.38. The van der Waals surface area contributed by atoms with Crippen molar-refractivity contribution in [2.45, 2.75) is 32.2 Å². The molecule has 5 nitrogen and oxygen atoms in total. The monoisotopic (exact) mass is 316 g/mol. The quantitative estimate of drug-likeness (QED) is 0.686. The molecule has 0 aliphatic carbocycles. The number of morpholine rings is 1. The number of ether oxygens (including phenoxy) is 1. The molecule has 2 N–H and O–H groups in total. The number of benzene rings is 1. The maximum absolute atomic E-state index is 6.17. The fourth-order valence-corrected chi connectivity index (χ4v) is 3.21. The predicted octanol–water partition coefficient (Wildman–Crippen LogP) is 2.21. The van der Waals surface area contributed by atoms with Crippen LogP contribution in [-0.2, 0) is 11.3 Å². The third-order valence-corrected chi connectivity index (χ3v) is 4.67. The van der Waals surface area contributed by atoms with E-state index < -0.39 is 0 Å². The van der Waals surface area contributed by atoms with E-state index in [2.05, 4.69) is 39.1 Å². The number of anilines is 1. The molecule has 1 aromatic rings. The summed E-state index contributed by atoms with van der Waals surface area (Å²) in [5.74, 6) is 0.698. The second-order valence-electron chi connectivity index (χ2n) is 6.34. The molecule has 2 fully saturated rings. The smallest absolute Gasteiger partial charge is 0.191 e. The Labute approximate surface area is 139 Å². The van der Waals surface area contributed by atoms with E-state index in [1.54, 1.807) is 0 Å². The van der Waals surface area contributed by atoms with Crippen molar-refractivity contribution in [3.63, 3.8) is 0 Å². The molecular weight excluding hydrogens is 288 g/mol. The van der Waals surface area contributed by atoms with Gasteiger partial charge in [-0.25, -0.2) is 4.99 Å². The summed E-state index contributed by atoms with van der Waals surface area (Å²) in [6, 6.07) is 8.67. The number of nitrogens with zero attached hydrogens (tertiary/aromatic N) is 3. The molecule has 2 saturated heterocycles. The average molecular weight is 316 g/mol. The molecule has 0 spiro atoms. The van der Waals surface area contributed by atoms with Crippen LogP contribution >= 0.6 is 0 Å². The zero-order valence-corrected chi connectivity index (χ0v) is 13.9. The third kappa shape index (κ3) is 4.61. The molecule has 0 saturated carbocycles. The number of rotatable bonds is 3. The van der Waals surface area contributed by atoms with Gasteiger partial charge in [0.1, 0.15) is 0 Å². The maximum Gasteiger partial charge on any atom is 0.191 e. The highest BCUT2D eigenvalue weighted by molar-refractivity contribution is 5.78. The number of hydrogen-bond acceptors (Lipinski definition) is 3. The van der Waals surface area contributed by atoms with Crippen molar-refractivity contribution in [3.05, 3.63) is 29.8 Å². The van der Waals surface area contributed by atoms with E-state index >= 15 is 0 Å². The van der Waals surface area contributed by atoms with Gasteiger partial charge in [0, 0.05) is 31.9 Å². The van der Waals surface area contributed by atoms with Crippen molar-refractivity contribution in [1.82, 2.24) is 4.90 Å². The van der Waals surface area contributed by atoms with Gasteiger partial charge in [-0.1, -0.05) is 25.0 Å². The number of aliphatic imine (C=N–C) groups is 1. The summed E-state index contributed by atoms with van der Waals surface area (Å²) in [6.07, 6.45) is 5.08. The van der Waals surface area contributed by atoms with Gasteiger partial charge in [-0.3, -0.25) is 0 Å². The summed E-state index contributed by atoms with van der Waals surface area (Å²) in [4.78, 5) is 9.18. The van der Waals surface area contributed by atoms with Crippen LogP contribution in [0.25, 0.3) is 0 Å². The first-order chi connectivity index (χ1) is 11.3. The summed E-state index contributed by atoms with van der Waals surface area (Å²) in [5.41, 5.74) is 8.64. The van der Waals surface area contributed by atoms with Crippen LogP contribution in [0.3, 0.4) is 0 Å². The van der Waals surface area contributed by atoms with Crippen LogP contribution in [0, 0.1) is 0 Å². The molecule has 0 aromatic heterocycles. The molecule has 126 valence electrons. The van der Waals surface area contributed by atoms with Crippen molar-refractivity contribution in [2.24, 2.45) is 10.7 Å². The Kier molecular flexibility index (Phi) is 5.75. The molecule has 5 heteroatoms. The van der Waals surface area contributed by atoms with E-state index in [0.29, 0.717) is 12.5 Å². The largest absolute Gasteiger partial charge is 0.378 e. The second kappa shape index (κ2) is 8.20. The lowest BCUT2D eigenvalue weighted by Gasteiger charge is -2.28. The van der Waals surface area contributed by atoms with Crippen LogP contribution in [0.15, 0.2) is 29.3 Å². The molecule has 0 bridgehead atoms. The van der Waals surface area contributed by atoms with E-state index in [-0.39, 0.29) is 0 Å². The normalized spacial score (nSPS) is 20.4. The van der Waals surface area contributed by atoms with Gasteiger partial charge in [0.25, 0.3) is 0 Å². The summed E-state index contributed by atoms with van der Waals surface area (Å²) in [5, 5.41) is 0. The van der Waals surface area contributed by atoms with Crippen molar-refractivity contribution in [1.29, 1.82) is 0 Å². The van der Waals surface area contributed by atoms with Gasteiger partial charge in [-0.05, 0) is 30.5 Å². The van der Waals surface area contributed by atoms with E-state index in [0.717, 1.165) is 39.4 Å². The summed E-state index contributed by atoms with van der Waals surface area (Å²) in [6.45, 7) is 6.33. The predicted molar refractivity (Wildman–Crippen MR) is 94.8 cm³/mol. The van der Waals surface area contributed by atoms with Crippen LogP contribution in [0.2, 0.25) is 0 Å². The number of guanidine groups is 1. The first-order valence-electron chi connectivity index (χ1n) is 8.79. The first kappa shape index (κ1) is 16.1. The molecule has 0 atom stereocenters. The number of nitrogens with two attached hydrogens (primary N) is 1. The number of hydrogen-bond donors (Lipinski definition) is 1. The number of likely N-dealkylation sites (tertiary alicyclic amines) is 1. The summed E-state index contributed by atoms with van der Waals surface area (Å²) in [7, 11) is 0. The standard InChI is InChI=1S/C18H28N4O/c19-18(22-9-3-1-2-4-10-22)20-15-16-5-7-17(8-6-16)21-11-13-23-14-12-21/h5-8H,1-4,9-15H2,(H2,19,20). The highest BCUT2D eigenvalue weighted by Crippen LogP contribution is 2.17. The Morgan fingerprint density at radius 3 is 2.26 bits per heavy atom. The van der Waals surface area contributed by atoms with Crippen LogP contribution in [0.1, 0.15) is 31.2 Å². The highest BCUT2D eigenvalue weighted by Gasteiger charge is 2.12. The molecule has 2 heterocycles. The van der Waals surface area contributed by atoms with Gasteiger partial charge in [0.15, 0.2) is 5.96 Å². The Hall–Kier alpha value is -1.75. The zero-order valence-electron chi connectivity index (χ0n) is 13.9. The fraction of sp³-hybridized carbons (Fsp3) is 0.611. The van der Waals surface area contributed by atoms with E-state index in [1.807, 2.05) is 0 Å². The van der Waals surface area contributed by atoms with Gasteiger partial charge in [0.05, 0.1) is 19.8 Å². The third-order valence-electron chi connectivity index (χ3n) is 4.67. The molecule has 2 aliphatic rings. The Balaban J connectivity index is 1.55. The second-order valence-corrected chi connectivity index (χ2v) is 6.34. The van der Waals surface area contributed by atoms with Crippen molar-refractivity contribution in [3.8, 4) is 0 Å². The van der Waals surface area contributed by atoms with Gasteiger partial charge >= 0.3 is 0 Å². The van der Waals surface area contributed by atoms with Crippen LogP contribution in [-0.4, -0.2) is 50.3 Å². The highest BCUT2D eigenvalue weighted by atomic mass is 16.5. The molecule has 1 aromatic carbocycles. The maximum atomic E-state index is 6.17. The van der Waals surface area contributed by atoms with Crippen LogP contribution in [0.4, 0.5) is 5.69 Å². The van der Waals surface area contributed by atoms with Gasteiger partial charge in [-0.2, -0.15) is 0 Å². The lowest BCUT2D eigenvalue weighted by molar-refractivity contribution is 0.122. The Morgan fingerprint density at radius 1 is 0.957 bits per heavy atom.